The van der Waals surface area contributed by atoms with E-state index in [4.69, 9.17) is 4.74 Å². The van der Waals surface area contributed by atoms with Gasteiger partial charge in [-0.15, -0.1) is 0 Å². The van der Waals surface area contributed by atoms with Gasteiger partial charge in [-0.1, -0.05) is 45.1 Å². The maximum absolute atomic E-state index is 5.23. The molecule has 0 amide bonds. The second-order valence-corrected chi connectivity index (χ2v) is 5.67. The van der Waals surface area contributed by atoms with Gasteiger partial charge in [-0.05, 0) is 30.0 Å². The molecule has 1 aromatic carbocycles. The van der Waals surface area contributed by atoms with E-state index in [1.165, 1.54) is 5.56 Å². The molecule has 0 bridgehead atoms. The van der Waals surface area contributed by atoms with E-state index < -0.39 is 0 Å². The highest BCUT2D eigenvalue weighted by atomic mass is 16.5. The molecule has 0 fully saturated rings. The van der Waals surface area contributed by atoms with Crippen LogP contribution in [0.3, 0.4) is 0 Å². The molecule has 0 saturated carbocycles. The standard InChI is InChI=1S/C16H25NO/c1-13(17-11-7-10-16(2,3)4)14-8-6-9-15(12-14)18-5/h6-10,12-13,17H,11H2,1-5H3/b10-7+/t13-/m1/s1. The van der Waals surface area contributed by atoms with Crippen molar-refractivity contribution in [1.82, 2.24) is 5.32 Å². The third-order valence-corrected chi connectivity index (χ3v) is 2.75. The van der Waals surface area contributed by atoms with Gasteiger partial charge in [-0.25, -0.2) is 0 Å². The second-order valence-electron chi connectivity index (χ2n) is 5.67. The van der Waals surface area contributed by atoms with Crippen LogP contribution in [-0.4, -0.2) is 13.7 Å². The van der Waals surface area contributed by atoms with Crippen LogP contribution < -0.4 is 10.1 Å². The highest BCUT2D eigenvalue weighted by Crippen LogP contribution is 2.18. The van der Waals surface area contributed by atoms with E-state index >= 15 is 0 Å². The van der Waals surface area contributed by atoms with Crippen LogP contribution in [0.25, 0.3) is 0 Å². The molecule has 0 aromatic heterocycles. The molecule has 0 aliphatic rings. The minimum atomic E-state index is 0.251. The Labute approximate surface area is 111 Å². The SMILES string of the molecule is COc1cccc([C@@H](C)NC/C=C/C(C)(C)C)c1. The molecule has 0 spiro atoms. The predicted octanol–water partition coefficient (Wildman–Crippen LogP) is 3.95. The van der Waals surface area contributed by atoms with E-state index in [9.17, 15) is 0 Å². The molecule has 0 unspecified atom stereocenters. The van der Waals surface area contributed by atoms with Crippen LogP contribution in [0.4, 0.5) is 0 Å². The van der Waals surface area contributed by atoms with Gasteiger partial charge in [0.1, 0.15) is 5.75 Å². The highest BCUT2D eigenvalue weighted by Gasteiger charge is 2.05. The molecule has 0 aliphatic heterocycles. The first-order valence-electron chi connectivity index (χ1n) is 6.47. The second kappa shape index (κ2) is 6.60. The molecule has 2 nitrogen and oxygen atoms in total. The van der Waals surface area contributed by atoms with Crippen LogP contribution in [0.1, 0.15) is 39.3 Å². The summed E-state index contributed by atoms with van der Waals surface area (Å²) in [5, 5.41) is 3.48. The Bertz CT molecular complexity index is 390. The quantitative estimate of drug-likeness (QED) is 0.796. The summed E-state index contributed by atoms with van der Waals surface area (Å²) in [6, 6.07) is 8.51. The van der Waals surface area contributed by atoms with E-state index in [-0.39, 0.29) is 5.41 Å². The van der Waals surface area contributed by atoms with Crippen LogP contribution in [0, 0.1) is 5.41 Å². The van der Waals surface area contributed by atoms with Crippen molar-refractivity contribution in [3.8, 4) is 5.75 Å². The van der Waals surface area contributed by atoms with Gasteiger partial charge < -0.3 is 10.1 Å². The minimum Gasteiger partial charge on any atom is -0.497 e. The molecule has 1 atom stereocenters. The summed E-state index contributed by atoms with van der Waals surface area (Å²) >= 11 is 0. The zero-order valence-corrected chi connectivity index (χ0v) is 12.2. The molecule has 0 saturated heterocycles. The minimum absolute atomic E-state index is 0.251. The fourth-order valence-electron chi connectivity index (χ4n) is 1.69. The van der Waals surface area contributed by atoms with E-state index in [1.807, 2.05) is 12.1 Å². The molecule has 0 radical (unpaired) electrons. The molecule has 100 valence electrons. The Kier molecular flexibility index (Phi) is 5.42. The highest BCUT2D eigenvalue weighted by molar-refractivity contribution is 5.30. The van der Waals surface area contributed by atoms with Gasteiger partial charge in [0, 0.05) is 12.6 Å². The van der Waals surface area contributed by atoms with Crippen LogP contribution in [0.2, 0.25) is 0 Å². The third kappa shape index (κ3) is 5.37. The summed E-state index contributed by atoms with van der Waals surface area (Å²) in [5.74, 6) is 0.909. The predicted molar refractivity (Wildman–Crippen MR) is 78.0 cm³/mol. The van der Waals surface area contributed by atoms with Crippen LogP contribution >= 0.6 is 0 Å². The third-order valence-electron chi connectivity index (χ3n) is 2.75. The Balaban J connectivity index is 2.50. The van der Waals surface area contributed by atoms with Crippen molar-refractivity contribution in [2.75, 3.05) is 13.7 Å². The number of ether oxygens (including phenoxy) is 1. The van der Waals surface area contributed by atoms with Crippen molar-refractivity contribution in [3.63, 3.8) is 0 Å². The van der Waals surface area contributed by atoms with Crippen molar-refractivity contribution in [3.05, 3.63) is 42.0 Å². The smallest absolute Gasteiger partial charge is 0.119 e. The lowest BCUT2D eigenvalue weighted by molar-refractivity contribution is 0.413. The number of benzene rings is 1. The van der Waals surface area contributed by atoms with Crippen molar-refractivity contribution in [2.24, 2.45) is 5.41 Å². The van der Waals surface area contributed by atoms with Crippen LogP contribution in [0.15, 0.2) is 36.4 Å². The zero-order chi connectivity index (χ0) is 13.6. The number of hydrogen-bond acceptors (Lipinski definition) is 2. The number of rotatable bonds is 5. The van der Waals surface area contributed by atoms with E-state index in [0.29, 0.717) is 6.04 Å². The fraction of sp³-hybridized carbons (Fsp3) is 0.500. The summed E-state index contributed by atoms with van der Waals surface area (Å²) in [5.41, 5.74) is 1.50. The maximum Gasteiger partial charge on any atom is 0.119 e. The van der Waals surface area contributed by atoms with Gasteiger partial charge >= 0.3 is 0 Å². The number of methoxy groups -OCH3 is 1. The van der Waals surface area contributed by atoms with Gasteiger partial charge in [-0.2, -0.15) is 0 Å². The molecular formula is C16H25NO. The first kappa shape index (κ1) is 14.8. The number of nitrogens with one attached hydrogen (secondary N) is 1. The lowest BCUT2D eigenvalue weighted by Crippen LogP contribution is -2.18. The van der Waals surface area contributed by atoms with Crippen molar-refractivity contribution in [2.45, 2.75) is 33.7 Å². The van der Waals surface area contributed by atoms with Crippen molar-refractivity contribution < 1.29 is 4.74 Å². The van der Waals surface area contributed by atoms with Gasteiger partial charge in [0.15, 0.2) is 0 Å². The van der Waals surface area contributed by atoms with Crippen LogP contribution in [0.5, 0.6) is 5.75 Å². The monoisotopic (exact) mass is 247 g/mol. The molecule has 2 heteroatoms. The van der Waals surface area contributed by atoms with E-state index in [1.54, 1.807) is 7.11 Å². The normalized spacial score (nSPS) is 13.8. The average molecular weight is 247 g/mol. The van der Waals surface area contributed by atoms with Gasteiger partial charge in [0.2, 0.25) is 0 Å². The number of allylic oxidation sites excluding steroid dienone is 1. The zero-order valence-electron chi connectivity index (χ0n) is 12.2. The molecule has 0 aliphatic carbocycles. The number of hydrogen-bond donors (Lipinski definition) is 1. The molecule has 1 rings (SSSR count). The lowest BCUT2D eigenvalue weighted by atomic mass is 9.96. The van der Waals surface area contributed by atoms with Crippen molar-refractivity contribution in [1.29, 1.82) is 0 Å². The van der Waals surface area contributed by atoms with Gasteiger partial charge in [0.25, 0.3) is 0 Å². The summed E-state index contributed by atoms with van der Waals surface area (Å²) in [4.78, 5) is 0. The van der Waals surface area contributed by atoms with Crippen LogP contribution in [-0.2, 0) is 0 Å². The van der Waals surface area contributed by atoms with E-state index in [2.05, 4.69) is 57.3 Å². The molecule has 0 heterocycles. The Morgan fingerprint density at radius 1 is 1.33 bits per heavy atom. The lowest BCUT2D eigenvalue weighted by Gasteiger charge is -2.15. The van der Waals surface area contributed by atoms with E-state index in [0.717, 1.165) is 12.3 Å². The molecule has 18 heavy (non-hydrogen) atoms. The molecule has 1 N–H and O–H groups in total. The average Bonchev–Trinajstić information content (AvgIpc) is 2.33. The summed E-state index contributed by atoms with van der Waals surface area (Å²) in [7, 11) is 1.70. The summed E-state index contributed by atoms with van der Waals surface area (Å²) < 4.78 is 5.23. The maximum atomic E-state index is 5.23. The fourth-order valence-corrected chi connectivity index (χ4v) is 1.69. The van der Waals surface area contributed by atoms with Gasteiger partial charge in [-0.3, -0.25) is 0 Å². The summed E-state index contributed by atoms with van der Waals surface area (Å²) in [6.07, 6.45) is 4.43. The first-order valence-corrected chi connectivity index (χ1v) is 6.47. The largest absolute Gasteiger partial charge is 0.497 e. The Morgan fingerprint density at radius 3 is 2.67 bits per heavy atom. The molecule has 1 aromatic rings. The first-order chi connectivity index (χ1) is 8.42. The topological polar surface area (TPSA) is 21.3 Å². The van der Waals surface area contributed by atoms with Gasteiger partial charge in [0.05, 0.1) is 7.11 Å². The molecular weight excluding hydrogens is 222 g/mol. The Hall–Kier alpha value is -1.28. The Morgan fingerprint density at radius 2 is 2.06 bits per heavy atom. The summed E-state index contributed by atoms with van der Waals surface area (Å²) in [6.45, 7) is 9.66. The van der Waals surface area contributed by atoms with Crippen molar-refractivity contribution >= 4 is 0 Å².